The SMILES string of the molecule is O=C(O)N1CCC(n2nnc(-c3ccccc3)n2)CC1. The highest BCUT2D eigenvalue weighted by Gasteiger charge is 2.25. The fraction of sp³-hybridized carbons (Fsp3) is 0.385. The zero-order valence-electron chi connectivity index (χ0n) is 10.9. The van der Waals surface area contributed by atoms with Crippen molar-refractivity contribution in [3.8, 4) is 11.4 Å². The fourth-order valence-corrected chi connectivity index (χ4v) is 2.37. The number of rotatable bonds is 2. The van der Waals surface area contributed by atoms with Crippen molar-refractivity contribution in [2.45, 2.75) is 18.9 Å². The Morgan fingerprint density at radius 3 is 2.55 bits per heavy atom. The first-order valence-electron chi connectivity index (χ1n) is 6.57. The van der Waals surface area contributed by atoms with Crippen molar-refractivity contribution in [1.82, 2.24) is 25.1 Å². The summed E-state index contributed by atoms with van der Waals surface area (Å²) in [5, 5.41) is 21.5. The molecule has 1 N–H and O–H groups in total. The van der Waals surface area contributed by atoms with Crippen LogP contribution in [-0.2, 0) is 0 Å². The molecule has 0 saturated carbocycles. The Kier molecular flexibility index (Phi) is 3.32. The molecular weight excluding hydrogens is 258 g/mol. The largest absolute Gasteiger partial charge is 0.465 e. The predicted molar refractivity (Wildman–Crippen MR) is 71.1 cm³/mol. The minimum atomic E-state index is -0.861. The number of hydrogen-bond acceptors (Lipinski definition) is 4. The van der Waals surface area contributed by atoms with Gasteiger partial charge in [0.15, 0.2) is 0 Å². The third-order valence-corrected chi connectivity index (χ3v) is 3.52. The van der Waals surface area contributed by atoms with Crippen molar-refractivity contribution in [3.05, 3.63) is 30.3 Å². The van der Waals surface area contributed by atoms with Crippen LogP contribution in [0.1, 0.15) is 18.9 Å². The van der Waals surface area contributed by atoms with Gasteiger partial charge in [-0.15, -0.1) is 10.2 Å². The Hall–Kier alpha value is -2.44. The molecule has 0 spiro atoms. The molecule has 7 heteroatoms. The Morgan fingerprint density at radius 2 is 1.90 bits per heavy atom. The monoisotopic (exact) mass is 273 g/mol. The van der Waals surface area contributed by atoms with Crippen LogP contribution >= 0.6 is 0 Å². The smallest absolute Gasteiger partial charge is 0.407 e. The zero-order chi connectivity index (χ0) is 13.9. The van der Waals surface area contributed by atoms with Crippen LogP contribution in [0, 0.1) is 0 Å². The highest BCUT2D eigenvalue weighted by Crippen LogP contribution is 2.22. The predicted octanol–water partition coefficient (Wildman–Crippen LogP) is 1.66. The summed E-state index contributed by atoms with van der Waals surface area (Å²) in [5.74, 6) is 0.603. The lowest BCUT2D eigenvalue weighted by molar-refractivity contribution is 0.121. The Bertz CT molecular complexity index is 590. The summed E-state index contributed by atoms with van der Waals surface area (Å²) in [6.07, 6.45) is 0.577. The van der Waals surface area contributed by atoms with E-state index < -0.39 is 6.09 Å². The fourth-order valence-electron chi connectivity index (χ4n) is 2.37. The van der Waals surface area contributed by atoms with Crippen LogP contribution in [0.5, 0.6) is 0 Å². The highest BCUT2D eigenvalue weighted by atomic mass is 16.4. The molecule has 2 aromatic rings. The van der Waals surface area contributed by atoms with E-state index in [1.54, 1.807) is 4.80 Å². The molecule has 7 nitrogen and oxygen atoms in total. The summed E-state index contributed by atoms with van der Waals surface area (Å²) in [6, 6.07) is 9.80. The summed E-state index contributed by atoms with van der Waals surface area (Å²) < 4.78 is 0. The molecule has 0 atom stereocenters. The molecule has 0 unspecified atom stereocenters. The van der Waals surface area contributed by atoms with Gasteiger partial charge in [0.1, 0.15) is 0 Å². The molecule has 0 aliphatic carbocycles. The van der Waals surface area contributed by atoms with Crippen LogP contribution in [0.2, 0.25) is 0 Å². The first-order chi connectivity index (χ1) is 9.74. The van der Waals surface area contributed by atoms with Gasteiger partial charge in [0.2, 0.25) is 5.82 Å². The van der Waals surface area contributed by atoms with Crippen LogP contribution in [0.3, 0.4) is 0 Å². The minimum Gasteiger partial charge on any atom is -0.465 e. The molecule has 1 aliphatic heterocycles. The number of nitrogens with zero attached hydrogens (tertiary/aromatic N) is 5. The van der Waals surface area contributed by atoms with Crippen LogP contribution in [0.15, 0.2) is 30.3 Å². The Morgan fingerprint density at radius 1 is 1.20 bits per heavy atom. The second-order valence-electron chi connectivity index (χ2n) is 4.80. The van der Waals surface area contributed by atoms with Crippen molar-refractivity contribution in [2.24, 2.45) is 0 Å². The van der Waals surface area contributed by atoms with Crippen molar-refractivity contribution in [3.63, 3.8) is 0 Å². The number of piperidine rings is 1. The standard InChI is InChI=1S/C13H15N5O2/c19-13(20)17-8-6-11(7-9-17)18-15-12(14-16-18)10-4-2-1-3-5-10/h1-5,11H,6-9H2,(H,19,20). The van der Waals surface area contributed by atoms with Crippen LogP contribution in [0.25, 0.3) is 11.4 Å². The number of tetrazole rings is 1. The molecule has 20 heavy (non-hydrogen) atoms. The molecule has 1 aromatic carbocycles. The van der Waals surface area contributed by atoms with Crippen molar-refractivity contribution in [2.75, 3.05) is 13.1 Å². The van der Waals surface area contributed by atoms with E-state index in [2.05, 4.69) is 15.4 Å². The van der Waals surface area contributed by atoms with Gasteiger partial charge in [-0.2, -0.15) is 4.80 Å². The first kappa shape index (κ1) is 12.6. The number of aromatic nitrogens is 4. The molecule has 1 amide bonds. The lowest BCUT2D eigenvalue weighted by atomic mass is 10.1. The van der Waals surface area contributed by atoms with Crippen molar-refractivity contribution < 1.29 is 9.90 Å². The summed E-state index contributed by atoms with van der Waals surface area (Å²) in [4.78, 5) is 13.9. The van der Waals surface area contributed by atoms with E-state index in [-0.39, 0.29) is 6.04 Å². The Labute approximate surface area is 115 Å². The highest BCUT2D eigenvalue weighted by molar-refractivity contribution is 5.65. The van der Waals surface area contributed by atoms with Gasteiger partial charge >= 0.3 is 6.09 Å². The van der Waals surface area contributed by atoms with E-state index in [0.717, 1.165) is 18.4 Å². The number of likely N-dealkylation sites (tertiary alicyclic amines) is 1. The van der Waals surface area contributed by atoms with Crippen LogP contribution in [-0.4, -0.2) is 49.4 Å². The van der Waals surface area contributed by atoms with Gasteiger partial charge < -0.3 is 10.0 Å². The van der Waals surface area contributed by atoms with Crippen molar-refractivity contribution >= 4 is 6.09 Å². The van der Waals surface area contributed by atoms with Gasteiger partial charge in [0, 0.05) is 18.7 Å². The lowest BCUT2D eigenvalue weighted by Gasteiger charge is -2.28. The lowest BCUT2D eigenvalue weighted by Crippen LogP contribution is -2.38. The molecule has 104 valence electrons. The van der Waals surface area contributed by atoms with Gasteiger partial charge in [0.05, 0.1) is 6.04 Å². The maximum atomic E-state index is 10.9. The maximum Gasteiger partial charge on any atom is 0.407 e. The van der Waals surface area contributed by atoms with Gasteiger partial charge in [-0.1, -0.05) is 30.3 Å². The molecule has 1 fully saturated rings. The topological polar surface area (TPSA) is 84.1 Å². The molecule has 1 saturated heterocycles. The third kappa shape index (κ3) is 2.47. The van der Waals surface area contributed by atoms with E-state index in [1.807, 2.05) is 30.3 Å². The molecule has 3 rings (SSSR count). The van der Waals surface area contributed by atoms with E-state index in [4.69, 9.17) is 5.11 Å². The molecule has 0 radical (unpaired) electrons. The minimum absolute atomic E-state index is 0.121. The molecule has 1 aromatic heterocycles. The van der Waals surface area contributed by atoms with E-state index in [0.29, 0.717) is 18.9 Å². The van der Waals surface area contributed by atoms with E-state index in [9.17, 15) is 4.79 Å². The number of amides is 1. The summed E-state index contributed by atoms with van der Waals surface area (Å²) >= 11 is 0. The molecule has 1 aliphatic rings. The molecule has 0 bridgehead atoms. The van der Waals surface area contributed by atoms with E-state index in [1.165, 1.54) is 4.90 Å². The maximum absolute atomic E-state index is 10.9. The number of carbonyl (C=O) groups is 1. The molecule has 2 heterocycles. The van der Waals surface area contributed by atoms with Gasteiger partial charge in [-0.3, -0.25) is 0 Å². The third-order valence-electron chi connectivity index (χ3n) is 3.52. The zero-order valence-corrected chi connectivity index (χ0v) is 10.9. The molecular formula is C13H15N5O2. The first-order valence-corrected chi connectivity index (χ1v) is 6.57. The van der Waals surface area contributed by atoms with Crippen molar-refractivity contribution in [1.29, 1.82) is 0 Å². The summed E-state index contributed by atoms with van der Waals surface area (Å²) in [7, 11) is 0. The quantitative estimate of drug-likeness (QED) is 0.899. The number of carboxylic acid groups (broad SMARTS) is 1. The normalized spacial score (nSPS) is 16.3. The van der Waals surface area contributed by atoms with Crippen LogP contribution < -0.4 is 0 Å². The summed E-state index contributed by atoms with van der Waals surface area (Å²) in [5.41, 5.74) is 0.932. The average Bonchev–Trinajstić information content (AvgIpc) is 2.98. The average molecular weight is 273 g/mol. The summed E-state index contributed by atoms with van der Waals surface area (Å²) in [6.45, 7) is 1.03. The number of hydrogen-bond donors (Lipinski definition) is 1. The van der Waals surface area contributed by atoms with Gasteiger partial charge in [-0.25, -0.2) is 4.79 Å². The van der Waals surface area contributed by atoms with Gasteiger partial charge in [-0.05, 0) is 18.1 Å². The second kappa shape index (κ2) is 5.28. The van der Waals surface area contributed by atoms with E-state index >= 15 is 0 Å². The van der Waals surface area contributed by atoms with Crippen LogP contribution in [0.4, 0.5) is 4.79 Å². The Balaban J connectivity index is 1.71. The van der Waals surface area contributed by atoms with Gasteiger partial charge in [0.25, 0.3) is 0 Å². The second-order valence-corrected chi connectivity index (χ2v) is 4.80. The number of benzene rings is 1.